The van der Waals surface area contributed by atoms with Crippen LogP contribution < -0.4 is 5.32 Å². The number of nitrogens with one attached hydrogen (secondary N) is 1. The molecule has 0 aliphatic rings. The third-order valence-electron chi connectivity index (χ3n) is 2.71. The minimum Gasteiger partial charge on any atom is -0.444 e. The lowest BCUT2D eigenvalue weighted by atomic mass is 10.2. The van der Waals surface area contributed by atoms with Gasteiger partial charge in [-0.05, 0) is 11.6 Å². The molecule has 0 unspecified atom stereocenters. The van der Waals surface area contributed by atoms with Crippen LogP contribution in [0.25, 0.3) is 0 Å². The van der Waals surface area contributed by atoms with Crippen molar-refractivity contribution in [2.75, 3.05) is 5.32 Å². The van der Waals surface area contributed by atoms with Crippen molar-refractivity contribution >= 4 is 17.5 Å². The maximum Gasteiger partial charge on any atom is 0.412 e. The average Bonchev–Trinajstić information content (AvgIpc) is 2.50. The SMILES string of the molecule is O=C(Nc1c([N+](=O)[O-])ccc(F)c1F)OCc1ccccc1. The van der Waals surface area contributed by atoms with Gasteiger partial charge in [-0.2, -0.15) is 0 Å². The summed E-state index contributed by atoms with van der Waals surface area (Å²) in [6, 6.07) is 9.98. The molecule has 1 N–H and O–H groups in total. The molecule has 1 amide bonds. The van der Waals surface area contributed by atoms with E-state index in [4.69, 9.17) is 4.74 Å². The van der Waals surface area contributed by atoms with E-state index in [1.165, 1.54) is 0 Å². The van der Waals surface area contributed by atoms with Gasteiger partial charge in [-0.25, -0.2) is 13.6 Å². The fourth-order valence-electron chi connectivity index (χ4n) is 1.67. The number of nitro groups is 1. The second kappa shape index (κ2) is 6.61. The number of carbonyl (C=O) groups excluding carboxylic acids is 1. The molecule has 0 spiro atoms. The molecule has 22 heavy (non-hydrogen) atoms. The van der Waals surface area contributed by atoms with Gasteiger partial charge < -0.3 is 4.74 Å². The van der Waals surface area contributed by atoms with Crippen molar-refractivity contribution in [3.8, 4) is 0 Å². The summed E-state index contributed by atoms with van der Waals surface area (Å²) in [5, 5.41) is 12.6. The van der Waals surface area contributed by atoms with E-state index in [-0.39, 0.29) is 6.61 Å². The third-order valence-corrected chi connectivity index (χ3v) is 2.71. The summed E-state index contributed by atoms with van der Waals surface area (Å²) in [6.45, 7) is -0.114. The number of rotatable bonds is 4. The highest BCUT2D eigenvalue weighted by Crippen LogP contribution is 2.29. The Morgan fingerprint density at radius 1 is 1.18 bits per heavy atom. The minimum atomic E-state index is -1.52. The second-order valence-corrected chi connectivity index (χ2v) is 4.20. The monoisotopic (exact) mass is 308 g/mol. The lowest BCUT2D eigenvalue weighted by Crippen LogP contribution is -2.16. The Labute approximate surface area is 123 Å². The molecule has 0 heterocycles. The molecule has 0 fully saturated rings. The molecule has 0 atom stereocenters. The van der Waals surface area contributed by atoms with Crippen LogP contribution >= 0.6 is 0 Å². The molecule has 0 bridgehead atoms. The summed E-state index contributed by atoms with van der Waals surface area (Å²) in [4.78, 5) is 21.4. The summed E-state index contributed by atoms with van der Waals surface area (Å²) >= 11 is 0. The first-order valence-electron chi connectivity index (χ1n) is 6.09. The van der Waals surface area contributed by atoms with Gasteiger partial charge in [0.25, 0.3) is 5.69 Å². The van der Waals surface area contributed by atoms with E-state index in [1.807, 2.05) is 5.32 Å². The van der Waals surface area contributed by atoms with E-state index in [2.05, 4.69) is 0 Å². The second-order valence-electron chi connectivity index (χ2n) is 4.20. The molecular weight excluding hydrogens is 298 g/mol. The summed E-state index contributed by atoms with van der Waals surface area (Å²) < 4.78 is 31.5. The van der Waals surface area contributed by atoms with E-state index in [0.29, 0.717) is 11.6 Å². The summed E-state index contributed by atoms with van der Waals surface area (Å²) in [5.41, 5.74) is -0.967. The molecule has 0 radical (unpaired) electrons. The van der Waals surface area contributed by atoms with Crippen molar-refractivity contribution in [2.45, 2.75) is 6.61 Å². The van der Waals surface area contributed by atoms with Crippen LogP contribution in [0.1, 0.15) is 5.56 Å². The maximum absolute atomic E-state index is 13.6. The maximum atomic E-state index is 13.6. The topological polar surface area (TPSA) is 81.5 Å². The predicted molar refractivity (Wildman–Crippen MR) is 73.3 cm³/mol. The number of hydrogen-bond donors (Lipinski definition) is 1. The van der Waals surface area contributed by atoms with Crippen LogP contribution in [0.15, 0.2) is 42.5 Å². The summed E-state index contributed by atoms with van der Waals surface area (Å²) in [5.74, 6) is -2.84. The highest BCUT2D eigenvalue weighted by molar-refractivity contribution is 5.88. The van der Waals surface area contributed by atoms with Gasteiger partial charge in [0.1, 0.15) is 6.61 Å². The molecule has 2 aromatic rings. The van der Waals surface area contributed by atoms with Gasteiger partial charge in [0, 0.05) is 6.07 Å². The fourth-order valence-corrected chi connectivity index (χ4v) is 1.67. The first-order chi connectivity index (χ1) is 10.5. The van der Waals surface area contributed by atoms with Crippen molar-refractivity contribution in [1.82, 2.24) is 0 Å². The first kappa shape index (κ1) is 15.4. The van der Waals surface area contributed by atoms with E-state index in [0.717, 1.165) is 6.07 Å². The molecule has 0 aliphatic carbocycles. The van der Waals surface area contributed by atoms with Crippen LogP contribution in [-0.4, -0.2) is 11.0 Å². The Balaban J connectivity index is 2.11. The molecule has 6 nitrogen and oxygen atoms in total. The molecular formula is C14H10F2N2O4. The van der Waals surface area contributed by atoms with Crippen LogP contribution in [0.2, 0.25) is 0 Å². The Kier molecular flexibility index (Phi) is 4.62. The first-order valence-corrected chi connectivity index (χ1v) is 6.09. The number of hydrogen-bond acceptors (Lipinski definition) is 4. The lowest BCUT2D eigenvalue weighted by Gasteiger charge is -2.08. The van der Waals surface area contributed by atoms with Crippen molar-refractivity contribution in [3.63, 3.8) is 0 Å². The van der Waals surface area contributed by atoms with Gasteiger partial charge in [-0.3, -0.25) is 15.4 Å². The Morgan fingerprint density at radius 3 is 2.50 bits per heavy atom. The van der Waals surface area contributed by atoms with E-state index < -0.39 is 34.0 Å². The number of amides is 1. The number of carbonyl (C=O) groups is 1. The summed E-state index contributed by atoms with van der Waals surface area (Å²) in [6.07, 6.45) is -1.13. The lowest BCUT2D eigenvalue weighted by molar-refractivity contribution is -0.384. The molecule has 2 rings (SSSR count). The molecule has 114 valence electrons. The van der Waals surface area contributed by atoms with Gasteiger partial charge in [0.2, 0.25) is 0 Å². The third kappa shape index (κ3) is 3.54. The number of benzene rings is 2. The zero-order chi connectivity index (χ0) is 16.1. The Morgan fingerprint density at radius 2 is 1.86 bits per heavy atom. The normalized spacial score (nSPS) is 10.1. The minimum absolute atomic E-state index is 0.114. The van der Waals surface area contributed by atoms with Gasteiger partial charge in [0.05, 0.1) is 4.92 Å². The van der Waals surface area contributed by atoms with E-state index in [9.17, 15) is 23.7 Å². The van der Waals surface area contributed by atoms with Crippen LogP contribution in [0.4, 0.5) is 25.0 Å². The van der Waals surface area contributed by atoms with E-state index >= 15 is 0 Å². The van der Waals surface area contributed by atoms with Crippen LogP contribution in [0, 0.1) is 21.7 Å². The predicted octanol–water partition coefficient (Wildman–Crippen LogP) is 3.62. The summed E-state index contributed by atoms with van der Waals surface area (Å²) in [7, 11) is 0. The van der Waals surface area contributed by atoms with Crippen molar-refractivity contribution in [3.05, 3.63) is 69.8 Å². The van der Waals surface area contributed by atoms with E-state index in [1.54, 1.807) is 30.3 Å². The number of nitrogens with zero attached hydrogens (tertiary/aromatic N) is 1. The molecule has 0 aliphatic heterocycles. The highest BCUT2D eigenvalue weighted by Gasteiger charge is 2.23. The average molecular weight is 308 g/mol. The zero-order valence-electron chi connectivity index (χ0n) is 11.1. The molecule has 0 aromatic heterocycles. The number of anilines is 1. The van der Waals surface area contributed by atoms with Crippen molar-refractivity contribution in [1.29, 1.82) is 0 Å². The Bertz CT molecular complexity index is 707. The van der Waals surface area contributed by atoms with Crippen LogP contribution in [0.3, 0.4) is 0 Å². The number of ether oxygens (including phenoxy) is 1. The number of nitro benzene ring substituents is 1. The van der Waals surface area contributed by atoms with Gasteiger partial charge in [-0.1, -0.05) is 30.3 Å². The van der Waals surface area contributed by atoms with Crippen LogP contribution in [-0.2, 0) is 11.3 Å². The molecule has 0 saturated heterocycles. The van der Waals surface area contributed by atoms with Crippen molar-refractivity contribution in [2.24, 2.45) is 0 Å². The quantitative estimate of drug-likeness (QED) is 0.691. The van der Waals surface area contributed by atoms with Crippen molar-refractivity contribution < 1.29 is 23.2 Å². The molecule has 2 aromatic carbocycles. The number of halogens is 2. The Hall–Kier alpha value is -3.03. The smallest absolute Gasteiger partial charge is 0.412 e. The standard InChI is InChI=1S/C14H10F2N2O4/c15-10-6-7-11(18(20)21)13(12(10)16)17-14(19)22-8-9-4-2-1-3-5-9/h1-7H,8H2,(H,17,19). The van der Waals surface area contributed by atoms with Gasteiger partial charge in [-0.15, -0.1) is 0 Å². The van der Waals surface area contributed by atoms with Crippen LogP contribution in [0.5, 0.6) is 0 Å². The fraction of sp³-hybridized carbons (Fsp3) is 0.0714. The molecule has 8 heteroatoms. The van der Waals surface area contributed by atoms with Gasteiger partial charge in [0.15, 0.2) is 17.3 Å². The zero-order valence-corrected chi connectivity index (χ0v) is 11.1. The largest absolute Gasteiger partial charge is 0.444 e. The molecule has 0 saturated carbocycles. The van der Waals surface area contributed by atoms with Gasteiger partial charge >= 0.3 is 6.09 Å². The highest BCUT2D eigenvalue weighted by atomic mass is 19.2.